The van der Waals surface area contributed by atoms with Gasteiger partial charge in [0.2, 0.25) is 0 Å². The van der Waals surface area contributed by atoms with E-state index in [1.165, 1.54) is 0 Å². The second-order valence-corrected chi connectivity index (χ2v) is 7.88. The van der Waals surface area contributed by atoms with Crippen molar-refractivity contribution in [3.63, 3.8) is 0 Å². The SMILES string of the molecule is CC(C)Oc1ccc(NC(N)=NCC2CS(=O)(=O)CCO2)cc1. The molecule has 1 aliphatic heterocycles. The van der Waals surface area contributed by atoms with E-state index in [0.29, 0.717) is 0 Å². The lowest BCUT2D eigenvalue weighted by atomic mass is 10.3. The van der Waals surface area contributed by atoms with Crippen molar-refractivity contribution in [2.75, 3.05) is 30.0 Å². The van der Waals surface area contributed by atoms with Crippen molar-refractivity contribution in [2.24, 2.45) is 10.7 Å². The van der Waals surface area contributed by atoms with Gasteiger partial charge in [0.25, 0.3) is 0 Å². The fourth-order valence-electron chi connectivity index (χ4n) is 2.14. The summed E-state index contributed by atoms with van der Waals surface area (Å²) in [6, 6.07) is 7.35. The molecule has 1 aromatic carbocycles. The largest absolute Gasteiger partial charge is 0.491 e. The van der Waals surface area contributed by atoms with Crippen molar-refractivity contribution in [1.82, 2.24) is 0 Å². The van der Waals surface area contributed by atoms with Crippen LogP contribution < -0.4 is 15.8 Å². The van der Waals surface area contributed by atoms with Gasteiger partial charge in [-0.2, -0.15) is 0 Å². The Bertz CT molecular complexity index is 641. The fourth-order valence-corrected chi connectivity index (χ4v) is 3.42. The molecule has 0 radical (unpaired) electrons. The van der Waals surface area contributed by atoms with Gasteiger partial charge in [0.05, 0.1) is 36.9 Å². The van der Waals surface area contributed by atoms with Crippen molar-refractivity contribution in [1.29, 1.82) is 0 Å². The van der Waals surface area contributed by atoms with Crippen LogP contribution in [0.4, 0.5) is 5.69 Å². The van der Waals surface area contributed by atoms with Gasteiger partial charge >= 0.3 is 0 Å². The predicted molar refractivity (Wildman–Crippen MR) is 90.7 cm³/mol. The number of nitrogens with two attached hydrogens (primary N) is 1. The summed E-state index contributed by atoms with van der Waals surface area (Å²) in [5, 5.41) is 2.95. The van der Waals surface area contributed by atoms with E-state index < -0.39 is 15.9 Å². The van der Waals surface area contributed by atoms with Gasteiger partial charge in [0.15, 0.2) is 15.8 Å². The first kappa shape index (κ1) is 17.6. The van der Waals surface area contributed by atoms with Crippen molar-refractivity contribution < 1.29 is 17.9 Å². The van der Waals surface area contributed by atoms with Crippen LogP contribution in [0.15, 0.2) is 29.3 Å². The van der Waals surface area contributed by atoms with Crippen LogP contribution in [-0.2, 0) is 14.6 Å². The maximum absolute atomic E-state index is 11.5. The summed E-state index contributed by atoms with van der Waals surface area (Å²) < 4.78 is 34.0. The maximum Gasteiger partial charge on any atom is 0.193 e. The Morgan fingerprint density at radius 3 is 2.74 bits per heavy atom. The molecular weight excluding hydrogens is 318 g/mol. The van der Waals surface area contributed by atoms with Gasteiger partial charge in [0.1, 0.15) is 5.75 Å². The summed E-state index contributed by atoms with van der Waals surface area (Å²) in [7, 11) is -3.02. The number of hydrogen-bond acceptors (Lipinski definition) is 5. The molecule has 1 aromatic rings. The molecule has 0 aliphatic carbocycles. The number of aliphatic imine (C=N–C) groups is 1. The average Bonchev–Trinajstić information content (AvgIpc) is 2.46. The Morgan fingerprint density at radius 2 is 2.13 bits per heavy atom. The van der Waals surface area contributed by atoms with E-state index in [1.54, 1.807) is 0 Å². The number of ether oxygens (including phenoxy) is 2. The van der Waals surface area contributed by atoms with Crippen LogP contribution >= 0.6 is 0 Å². The predicted octanol–water partition coefficient (Wildman–Crippen LogP) is 1.01. The Hall–Kier alpha value is -1.80. The summed E-state index contributed by atoms with van der Waals surface area (Å²) >= 11 is 0. The molecule has 1 saturated heterocycles. The third kappa shape index (κ3) is 6.07. The molecule has 1 unspecified atom stereocenters. The van der Waals surface area contributed by atoms with Gasteiger partial charge in [-0.25, -0.2) is 8.42 Å². The smallest absolute Gasteiger partial charge is 0.193 e. The van der Waals surface area contributed by atoms with Crippen LogP contribution in [0.25, 0.3) is 0 Å². The summed E-state index contributed by atoms with van der Waals surface area (Å²) in [4.78, 5) is 4.14. The van der Waals surface area contributed by atoms with E-state index in [-0.39, 0.29) is 36.7 Å². The number of sulfone groups is 1. The zero-order valence-corrected chi connectivity index (χ0v) is 14.2. The molecule has 1 fully saturated rings. The first-order valence-corrected chi connectivity index (χ1v) is 9.32. The summed E-state index contributed by atoms with van der Waals surface area (Å²) in [6.07, 6.45) is -0.317. The first-order chi connectivity index (χ1) is 10.8. The van der Waals surface area contributed by atoms with Crippen molar-refractivity contribution >= 4 is 21.5 Å². The Kier molecular flexibility index (Phi) is 5.84. The van der Waals surface area contributed by atoms with Crippen LogP contribution in [0.5, 0.6) is 5.75 Å². The summed E-state index contributed by atoms with van der Waals surface area (Å²) in [6.45, 7) is 4.36. The highest BCUT2D eigenvalue weighted by molar-refractivity contribution is 7.91. The van der Waals surface area contributed by atoms with Crippen LogP contribution in [0, 0.1) is 0 Å². The zero-order chi connectivity index (χ0) is 16.9. The molecule has 3 N–H and O–H groups in total. The van der Waals surface area contributed by atoms with Crippen LogP contribution in [0.2, 0.25) is 0 Å². The number of rotatable bonds is 5. The molecule has 0 bridgehead atoms. The van der Waals surface area contributed by atoms with Crippen molar-refractivity contribution in [3.8, 4) is 5.75 Å². The minimum atomic E-state index is -3.02. The average molecular weight is 341 g/mol. The van der Waals surface area contributed by atoms with E-state index in [1.807, 2.05) is 38.1 Å². The van der Waals surface area contributed by atoms with E-state index in [9.17, 15) is 8.42 Å². The van der Waals surface area contributed by atoms with E-state index in [4.69, 9.17) is 15.2 Å². The number of hydrogen-bond donors (Lipinski definition) is 2. The maximum atomic E-state index is 11.5. The number of guanidine groups is 1. The van der Waals surface area contributed by atoms with Crippen molar-refractivity contribution in [2.45, 2.75) is 26.1 Å². The lowest BCUT2D eigenvalue weighted by Gasteiger charge is -2.21. The molecule has 23 heavy (non-hydrogen) atoms. The fraction of sp³-hybridized carbons (Fsp3) is 0.533. The number of nitrogens with zero attached hydrogens (tertiary/aromatic N) is 1. The van der Waals surface area contributed by atoms with Gasteiger partial charge in [-0.05, 0) is 38.1 Å². The van der Waals surface area contributed by atoms with Gasteiger partial charge in [0, 0.05) is 5.69 Å². The first-order valence-electron chi connectivity index (χ1n) is 7.50. The molecule has 1 aliphatic rings. The number of nitrogens with one attached hydrogen (secondary N) is 1. The van der Waals surface area contributed by atoms with Gasteiger partial charge in [-0.15, -0.1) is 0 Å². The van der Waals surface area contributed by atoms with Gasteiger partial charge in [-0.1, -0.05) is 0 Å². The molecule has 0 amide bonds. The third-order valence-corrected chi connectivity index (χ3v) is 4.82. The molecule has 128 valence electrons. The molecule has 1 heterocycles. The Morgan fingerprint density at radius 1 is 1.43 bits per heavy atom. The summed E-state index contributed by atoms with van der Waals surface area (Å²) in [5.74, 6) is 1.06. The van der Waals surface area contributed by atoms with Gasteiger partial charge in [-0.3, -0.25) is 4.99 Å². The molecule has 0 spiro atoms. The van der Waals surface area contributed by atoms with Gasteiger partial charge < -0.3 is 20.5 Å². The normalized spacial score (nSPS) is 21.2. The highest BCUT2D eigenvalue weighted by Crippen LogP contribution is 2.16. The molecule has 0 saturated carbocycles. The Labute approximate surface area is 136 Å². The van der Waals surface area contributed by atoms with Crippen LogP contribution in [-0.4, -0.2) is 51.2 Å². The van der Waals surface area contributed by atoms with E-state index in [2.05, 4.69) is 10.3 Å². The van der Waals surface area contributed by atoms with E-state index in [0.717, 1.165) is 11.4 Å². The highest BCUT2D eigenvalue weighted by Gasteiger charge is 2.25. The number of anilines is 1. The summed E-state index contributed by atoms with van der Waals surface area (Å²) in [5.41, 5.74) is 6.59. The minimum Gasteiger partial charge on any atom is -0.491 e. The molecule has 0 aromatic heterocycles. The lowest BCUT2D eigenvalue weighted by molar-refractivity contribution is 0.0783. The molecular formula is C15H23N3O4S. The molecule has 2 rings (SSSR count). The van der Waals surface area contributed by atoms with E-state index >= 15 is 0 Å². The second kappa shape index (κ2) is 7.65. The highest BCUT2D eigenvalue weighted by atomic mass is 32.2. The molecule has 1 atom stereocenters. The molecule has 7 nitrogen and oxygen atoms in total. The van der Waals surface area contributed by atoms with Crippen LogP contribution in [0.1, 0.15) is 13.8 Å². The van der Waals surface area contributed by atoms with Crippen LogP contribution in [0.3, 0.4) is 0 Å². The topological polar surface area (TPSA) is 103 Å². The van der Waals surface area contributed by atoms with Crippen molar-refractivity contribution in [3.05, 3.63) is 24.3 Å². The Balaban J connectivity index is 1.87. The second-order valence-electron chi connectivity index (χ2n) is 5.65. The molecule has 8 heteroatoms. The quantitative estimate of drug-likeness (QED) is 0.612. The monoisotopic (exact) mass is 341 g/mol. The third-order valence-electron chi connectivity index (χ3n) is 3.15. The standard InChI is InChI=1S/C15H23N3O4S/c1-11(2)22-13-5-3-12(4-6-13)18-15(16)17-9-14-10-23(19,20)8-7-21-14/h3-6,11,14H,7-10H2,1-2H3,(H3,16,17,18). The minimum absolute atomic E-state index is 0.00891. The lowest BCUT2D eigenvalue weighted by Crippen LogP contribution is -2.37. The zero-order valence-electron chi connectivity index (χ0n) is 13.4. The number of benzene rings is 1.